The van der Waals surface area contributed by atoms with E-state index in [1.807, 2.05) is 4.90 Å². The highest BCUT2D eigenvalue weighted by Gasteiger charge is 2.46. The Morgan fingerprint density at radius 1 is 1.36 bits per heavy atom. The van der Waals surface area contributed by atoms with Crippen molar-refractivity contribution in [3.05, 3.63) is 35.6 Å². The minimum absolute atomic E-state index is 0.0707. The Morgan fingerprint density at radius 3 is 2.80 bits per heavy atom. The van der Waals surface area contributed by atoms with Gasteiger partial charge in [-0.15, -0.1) is 0 Å². The number of hydrogen-bond donors (Lipinski definition) is 1. The molecule has 2 amide bonds. The van der Waals surface area contributed by atoms with E-state index in [0.29, 0.717) is 25.1 Å². The Morgan fingerprint density at radius 2 is 2.12 bits per heavy atom. The molecule has 0 radical (unpaired) electrons. The Kier molecular flexibility index (Phi) is 5.37. The second-order valence-electron chi connectivity index (χ2n) is 7.02. The SMILES string of the molecule is COCCN1C(=O)CCC12CCC(NC(=O)c1cccc(F)c1)CC2. The van der Waals surface area contributed by atoms with Crippen LogP contribution in [0.2, 0.25) is 0 Å². The number of methoxy groups -OCH3 is 1. The lowest BCUT2D eigenvalue weighted by Crippen LogP contribution is -2.52. The summed E-state index contributed by atoms with van der Waals surface area (Å²) in [4.78, 5) is 26.5. The highest BCUT2D eigenvalue weighted by atomic mass is 19.1. The van der Waals surface area contributed by atoms with Gasteiger partial charge in [0, 0.05) is 37.2 Å². The van der Waals surface area contributed by atoms with Crippen LogP contribution in [-0.2, 0) is 9.53 Å². The van der Waals surface area contributed by atoms with Crippen molar-refractivity contribution in [2.24, 2.45) is 0 Å². The molecule has 1 aliphatic carbocycles. The van der Waals surface area contributed by atoms with E-state index in [-0.39, 0.29) is 23.4 Å². The van der Waals surface area contributed by atoms with Crippen molar-refractivity contribution < 1.29 is 18.7 Å². The van der Waals surface area contributed by atoms with Crippen LogP contribution in [0.15, 0.2) is 24.3 Å². The molecule has 1 spiro atoms. The minimum Gasteiger partial charge on any atom is -0.383 e. The summed E-state index contributed by atoms with van der Waals surface area (Å²) >= 11 is 0. The van der Waals surface area contributed by atoms with Crippen LogP contribution in [0.25, 0.3) is 0 Å². The Hall–Kier alpha value is -1.95. The van der Waals surface area contributed by atoms with Crippen molar-refractivity contribution in [3.63, 3.8) is 0 Å². The van der Waals surface area contributed by atoms with Gasteiger partial charge in [-0.3, -0.25) is 9.59 Å². The van der Waals surface area contributed by atoms with Crippen LogP contribution in [0.5, 0.6) is 0 Å². The standard InChI is InChI=1S/C19H25FN2O3/c1-25-12-11-22-17(23)7-10-19(22)8-5-16(6-9-19)21-18(24)14-3-2-4-15(20)13-14/h2-4,13,16H,5-12H2,1H3,(H,21,24). The molecule has 1 aliphatic heterocycles. The first kappa shape index (κ1) is 17.9. The average molecular weight is 348 g/mol. The number of carbonyl (C=O) groups excluding carboxylic acids is 2. The molecule has 25 heavy (non-hydrogen) atoms. The van der Waals surface area contributed by atoms with E-state index < -0.39 is 5.82 Å². The van der Waals surface area contributed by atoms with Gasteiger partial charge in [0.2, 0.25) is 5.91 Å². The quantitative estimate of drug-likeness (QED) is 0.889. The molecule has 2 aliphatic rings. The zero-order chi connectivity index (χ0) is 17.9. The van der Waals surface area contributed by atoms with Gasteiger partial charge in [-0.05, 0) is 50.3 Å². The molecule has 3 rings (SSSR count). The molecule has 1 N–H and O–H groups in total. The molecule has 1 aromatic rings. The van der Waals surface area contributed by atoms with Gasteiger partial charge in [-0.25, -0.2) is 4.39 Å². The summed E-state index contributed by atoms with van der Waals surface area (Å²) in [6.45, 7) is 1.18. The predicted octanol–water partition coefficient (Wildman–Crippen LogP) is 2.51. The van der Waals surface area contributed by atoms with Gasteiger partial charge >= 0.3 is 0 Å². The summed E-state index contributed by atoms with van der Waals surface area (Å²) in [6.07, 6.45) is 4.92. The number of ether oxygens (including phenoxy) is 1. The lowest BCUT2D eigenvalue weighted by Gasteiger charge is -2.44. The summed E-state index contributed by atoms with van der Waals surface area (Å²) in [5.74, 6) is -0.438. The van der Waals surface area contributed by atoms with Gasteiger partial charge in [0.15, 0.2) is 0 Å². The fourth-order valence-electron chi connectivity index (χ4n) is 4.14. The Labute approximate surface area is 147 Å². The van der Waals surface area contributed by atoms with Gasteiger partial charge in [0.1, 0.15) is 5.82 Å². The zero-order valence-corrected chi connectivity index (χ0v) is 14.6. The fourth-order valence-corrected chi connectivity index (χ4v) is 4.14. The first-order valence-corrected chi connectivity index (χ1v) is 8.90. The highest BCUT2D eigenvalue weighted by Crippen LogP contribution is 2.42. The third-order valence-corrected chi connectivity index (χ3v) is 5.54. The minimum atomic E-state index is -0.409. The van der Waals surface area contributed by atoms with Gasteiger partial charge in [0.25, 0.3) is 5.91 Å². The zero-order valence-electron chi connectivity index (χ0n) is 14.6. The molecule has 5 nitrogen and oxygen atoms in total. The van der Waals surface area contributed by atoms with E-state index in [1.54, 1.807) is 13.2 Å². The third-order valence-electron chi connectivity index (χ3n) is 5.54. The van der Waals surface area contributed by atoms with Crippen LogP contribution in [0.4, 0.5) is 4.39 Å². The normalized spacial score (nSPS) is 26.2. The van der Waals surface area contributed by atoms with Crippen LogP contribution in [-0.4, -0.2) is 48.6 Å². The topological polar surface area (TPSA) is 58.6 Å². The largest absolute Gasteiger partial charge is 0.383 e. The second kappa shape index (κ2) is 7.52. The maximum Gasteiger partial charge on any atom is 0.251 e. The molecule has 2 fully saturated rings. The second-order valence-corrected chi connectivity index (χ2v) is 7.02. The number of halogens is 1. The number of amides is 2. The van der Waals surface area contributed by atoms with E-state index >= 15 is 0 Å². The maximum absolute atomic E-state index is 13.3. The highest BCUT2D eigenvalue weighted by molar-refractivity contribution is 5.94. The van der Waals surface area contributed by atoms with Gasteiger partial charge in [0.05, 0.1) is 6.61 Å². The molecular weight excluding hydrogens is 323 g/mol. The summed E-state index contributed by atoms with van der Waals surface area (Å²) in [5, 5.41) is 3.00. The van der Waals surface area contributed by atoms with Gasteiger partial charge in [-0.2, -0.15) is 0 Å². The summed E-state index contributed by atoms with van der Waals surface area (Å²) in [6, 6.07) is 5.80. The molecular formula is C19H25FN2O3. The van der Waals surface area contributed by atoms with Crippen molar-refractivity contribution in [3.8, 4) is 0 Å². The lowest BCUT2D eigenvalue weighted by molar-refractivity contribution is -0.133. The molecule has 1 heterocycles. The van der Waals surface area contributed by atoms with Crippen molar-refractivity contribution in [1.29, 1.82) is 0 Å². The van der Waals surface area contributed by atoms with Crippen LogP contribution in [0, 0.1) is 5.82 Å². The Balaban J connectivity index is 1.58. The molecule has 0 aromatic heterocycles. The van der Waals surface area contributed by atoms with Crippen LogP contribution >= 0.6 is 0 Å². The number of likely N-dealkylation sites (tertiary alicyclic amines) is 1. The molecule has 0 unspecified atom stereocenters. The smallest absolute Gasteiger partial charge is 0.251 e. The number of rotatable bonds is 5. The first-order chi connectivity index (χ1) is 12.0. The van der Waals surface area contributed by atoms with E-state index in [0.717, 1.165) is 32.1 Å². The number of nitrogens with one attached hydrogen (secondary N) is 1. The fraction of sp³-hybridized carbons (Fsp3) is 0.579. The molecule has 6 heteroatoms. The summed E-state index contributed by atoms with van der Waals surface area (Å²) < 4.78 is 18.4. The van der Waals surface area contributed by atoms with Crippen LogP contribution < -0.4 is 5.32 Å². The molecule has 0 atom stereocenters. The van der Waals surface area contributed by atoms with Crippen molar-refractivity contribution in [2.45, 2.75) is 50.1 Å². The lowest BCUT2D eigenvalue weighted by atomic mass is 9.77. The number of carbonyl (C=O) groups is 2. The molecule has 1 saturated carbocycles. The average Bonchev–Trinajstić information content (AvgIpc) is 2.91. The number of benzene rings is 1. The van der Waals surface area contributed by atoms with Crippen LogP contribution in [0.3, 0.4) is 0 Å². The molecule has 1 saturated heterocycles. The first-order valence-electron chi connectivity index (χ1n) is 8.90. The summed E-state index contributed by atoms with van der Waals surface area (Å²) in [7, 11) is 1.64. The third kappa shape index (κ3) is 3.84. The van der Waals surface area contributed by atoms with E-state index in [2.05, 4.69) is 5.32 Å². The van der Waals surface area contributed by atoms with Crippen molar-refractivity contribution in [1.82, 2.24) is 10.2 Å². The van der Waals surface area contributed by atoms with E-state index in [4.69, 9.17) is 4.74 Å². The number of nitrogens with zero attached hydrogens (tertiary/aromatic N) is 1. The van der Waals surface area contributed by atoms with E-state index in [9.17, 15) is 14.0 Å². The van der Waals surface area contributed by atoms with Crippen molar-refractivity contribution in [2.75, 3.05) is 20.3 Å². The van der Waals surface area contributed by atoms with Gasteiger partial charge in [-0.1, -0.05) is 6.07 Å². The Bertz CT molecular complexity index is 641. The van der Waals surface area contributed by atoms with E-state index in [1.165, 1.54) is 18.2 Å². The monoisotopic (exact) mass is 348 g/mol. The molecule has 136 valence electrons. The predicted molar refractivity (Wildman–Crippen MR) is 91.7 cm³/mol. The molecule has 1 aromatic carbocycles. The van der Waals surface area contributed by atoms with Crippen molar-refractivity contribution >= 4 is 11.8 Å². The van der Waals surface area contributed by atoms with Crippen LogP contribution in [0.1, 0.15) is 48.9 Å². The van der Waals surface area contributed by atoms with Gasteiger partial charge < -0.3 is 15.0 Å². The number of hydrogen-bond acceptors (Lipinski definition) is 3. The summed E-state index contributed by atoms with van der Waals surface area (Å²) in [5.41, 5.74) is 0.272. The molecule has 0 bridgehead atoms. The maximum atomic E-state index is 13.3.